The molecule has 0 bridgehead atoms. The number of hydrogen-bond donors (Lipinski definition) is 2. The Morgan fingerprint density at radius 2 is 2.00 bits per heavy atom. The third-order valence-corrected chi connectivity index (χ3v) is 4.79. The smallest absolute Gasteiger partial charge is 0.191 e. The molecule has 0 spiro atoms. The number of ether oxygens (including phenoxy) is 1. The van der Waals surface area contributed by atoms with Gasteiger partial charge in [0.2, 0.25) is 0 Å². The number of aliphatic imine (C=N–C) groups is 1. The Morgan fingerprint density at radius 1 is 1.22 bits per heavy atom. The molecule has 0 saturated carbocycles. The third-order valence-electron chi connectivity index (χ3n) is 4.79. The Balaban J connectivity index is 0.00000364. The van der Waals surface area contributed by atoms with Crippen LogP contribution in [-0.2, 0) is 11.3 Å². The molecule has 5 nitrogen and oxygen atoms in total. The van der Waals surface area contributed by atoms with Crippen molar-refractivity contribution in [3.8, 4) is 0 Å². The highest BCUT2D eigenvalue weighted by molar-refractivity contribution is 14.0. The number of hydrogen-bond acceptors (Lipinski definition) is 3. The SMILES string of the molecule is CCNC(=NCCCCOCC)NC1CC(C)N(Cc2ccccc2)C1.I. The predicted octanol–water partition coefficient (Wildman–Crippen LogP) is 3.64. The van der Waals surface area contributed by atoms with E-state index in [9.17, 15) is 0 Å². The van der Waals surface area contributed by atoms with Gasteiger partial charge in [0.15, 0.2) is 5.96 Å². The minimum atomic E-state index is 0. The molecule has 0 amide bonds. The fraction of sp³-hybridized carbons (Fsp3) is 0.667. The second-order valence-electron chi connectivity index (χ2n) is 7.01. The highest BCUT2D eigenvalue weighted by Crippen LogP contribution is 2.20. The van der Waals surface area contributed by atoms with Gasteiger partial charge < -0.3 is 15.4 Å². The predicted molar refractivity (Wildman–Crippen MR) is 125 cm³/mol. The van der Waals surface area contributed by atoms with Crippen molar-refractivity contribution in [3.63, 3.8) is 0 Å². The van der Waals surface area contributed by atoms with Crippen molar-refractivity contribution in [3.05, 3.63) is 35.9 Å². The minimum Gasteiger partial charge on any atom is -0.382 e. The van der Waals surface area contributed by atoms with Crippen LogP contribution in [0.5, 0.6) is 0 Å². The first-order chi connectivity index (χ1) is 12.7. The van der Waals surface area contributed by atoms with Gasteiger partial charge in [-0.05, 0) is 45.6 Å². The van der Waals surface area contributed by atoms with E-state index < -0.39 is 0 Å². The van der Waals surface area contributed by atoms with Crippen molar-refractivity contribution < 1.29 is 4.74 Å². The van der Waals surface area contributed by atoms with Gasteiger partial charge >= 0.3 is 0 Å². The summed E-state index contributed by atoms with van der Waals surface area (Å²) in [5.41, 5.74) is 1.38. The molecule has 1 aliphatic rings. The molecular weight excluding hydrogens is 451 g/mol. The molecule has 1 aromatic carbocycles. The molecule has 2 unspecified atom stereocenters. The highest BCUT2D eigenvalue weighted by Gasteiger charge is 2.29. The fourth-order valence-electron chi connectivity index (χ4n) is 3.41. The van der Waals surface area contributed by atoms with Gasteiger partial charge in [-0.25, -0.2) is 0 Å². The molecule has 2 atom stereocenters. The van der Waals surface area contributed by atoms with Gasteiger partial charge in [0.05, 0.1) is 0 Å². The maximum atomic E-state index is 5.38. The lowest BCUT2D eigenvalue weighted by Gasteiger charge is -2.21. The second kappa shape index (κ2) is 14.2. The molecule has 154 valence electrons. The molecule has 1 aromatic rings. The van der Waals surface area contributed by atoms with Gasteiger partial charge in [-0.15, -0.1) is 24.0 Å². The number of halogens is 1. The first kappa shape index (κ1) is 24.2. The van der Waals surface area contributed by atoms with Crippen LogP contribution >= 0.6 is 24.0 Å². The van der Waals surface area contributed by atoms with Gasteiger partial charge in [0.1, 0.15) is 0 Å². The Kier molecular flexibility index (Phi) is 12.7. The summed E-state index contributed by atoms with van der Waals surface area (Å²) in [6, 6.07) is 11.8. The summed E-state index contributed by atoms with van der Waals surface area (Å²) in [5, 5.41) is 7.01. The van der Waals surface area contributed by atoms with Crippen molar-refractivity contribution in [2.45, 2.75) is 58.7 Å². The number of nitrogens with zero attached hydrogens (tertiary/aromatic N) is 2. The lowest BCUT2D eigenvalue weighted by Crippen LogP contribution is -2.44. The summed E-state index contributed by atoms with van der Waals surface area (Å²) in [5.74, 6) is 0.947. The number of benzene rings is 1. The molecule has 0 aliphatic carbocycles. The van der Waals surface area contributed by atoms with E-state index in [1.807, 2.05) is 6.92 Å². The summed E-state index contributed by atoms with van der Waals surface area (Å²) >= 11 is 0. The van der Waals surface area contributed by atoms with E-state index in [4.69, 9.17) is 9.73 Å². The largest absolute Gasteiger partial charge is 0.382 e. The number of nitrogens with one attached hydrogen (secondary N) is 2. The van der Waals surface area contributed by atoms with E-state index in [1.54, 1.807) is 0 Å². The van der Waals surface area contributed by atoms with E-state index in [1.165, 1.54) is 5.56 Å². The van der Waals surface area contributed by atoms with Crippen molar-refractivity contribution in [1.82, 2.24) is 15.5 Å². The lowest BCUT2D eigenvalue weighted by atomic mass is 10.2. The number of rotatable bonds is 10. The quantitative estimate of drug-likeness (QED) is 0.229. The first-order valence-electron chi connectivity index (χ1n) is 10.1. The van der Waals surface area contributed by atoms with Crippen molar-refractivity contribution >= 4 is 29.9 Å². The molecule has 0 radical (unpaired) electrons. The average Bonchev–Trinajstić information content (AvgIpc) is 2.98. The first-order valence-corrected chi connectivity index (χ1v) is 10.1. The van der Waals surface area contributed by atoms with Crippen LogP contribution in [0, 0.1) is 0 Å². The molecule has 1 saturated heterocycles. The zero-order chi connectivity index (χ0) is 18.6. The van der Waals surface area contributed by atoms with Gasteiger partial charge in [-0.3, -0.25) is 9.89 Å². The van der Waals surface area contributed by atoms with Crippen molar-refractivity contribution in [2.24, 2.45) is 4.99 Å². The fourth-order valence-corrected chi connectivity index (χ4v) is 3.41. The normalized spacial score (nSPS) is 20.3. The van der Waals surface area contributed by atoms with Crippen LogP contribution in [0.25, 0.3) is 0 Å². The van der Waals surface area contributed by atoms with E-state index in [0.29, 0.717) is 12.1 Å². The van der Waals surface area contributed by atoms with Crippen LogP contribution in [0.2, 0.25) is 0 Å². The molecule has 1 fully saturated rings. The molecule has 0 aromatic heterocycles. The summed E-state index contributed by atoms with van der Waals surface area (Å²) in [6.07, 6.45) is 3.29. The van der Waals surface area contributed by atoms with Crippen molar-refractivity contribution in [1.29, 1.82) is 0 Å². The topological polar surface area (TPSA) is 48.9 Å². The van der Waals surface area contributed by atoms with Crippen molar-refractivity contribution in [2.75, 3.05) is 32.8 Å². The Labute approximate surface area is 182 Å². The molecule has 6 heteroatoms. The van der Waals surface area contributed by atoms with Crippen LogP contribution < -0.4 is 10.6 Å². The van der Waals surface area contributed by atoms with Crippen LogP contribution in [-0.4, -0.2) is 55.8 Å². The van der Waals surface area contributed by atoms with Crippen LogP contribution in [0.15, 0.2) is 35.3 Å². The maximum Gasteiger partial charge on any atom is 0.191 e. The third kappa shape index (κ3) is 9.25. The van der Waals surface area contributed by atoms with Gasteiger partial charge in [0.25, 0.3) is 0 Å². The number of unbranched alkanes of at least 4 members (excludes halogenated alkanes) is 1. The zero-order valence-corrected chi connectivity index (χ0v) is 19.4. The lowest BCUT2D eigenvalue weighted by molar-refractivity contribution is 0.144. The van der Waals surface area contributed by atoms with Gasteiger partial charge in [-0.2, -0.15) is 0 Å². The Hall–Kier alpha value is -0.860. The van der Waals surface area contributed by atoms with Gasteiger partial charge in [0, 0.05) is 51.5 Å². The minimum absolute atomic E-state index is 0. The summed E-state index contributed by atoms with van der Waals surface area (Å²) in [6.45, 7) is 11.9. The van der Waals surface area contributed by atoms with Crippen LogP contribution in [0.4, 0.5) is 0 Å². The van der Waals surface area contributed by atoms with E-state index in [0.717, 1.165) is 64.6 Å². The second-order valence-corrected chi connectivity index (χ2v) is 7.01. The molecule has 1 heterocycles. The molecule has 2 rings (SSSR count). The zero-order valence-electron chi connectivity index (χ0n) is 17.1. The maximum absolute atomic E-state index is 5.38. The van der Waals surface area contributed by atoms with Crippen LogP contribution in [0.1, 0.15) is 45.6 Å². The summed E-state index contributed by atoms with van der Waals surface area (Å²) in [7, 11) is 0. The van der Waals surface area contributed by atoms with E-state index in [-0.39, 0.29) is 24.0 Å². The summed E-state index contributed by atoms with van der Waals surface area (Å²) in [4.78, 5) is 7.28. The summed E-state index contributed by atoms with van der Waals surface area (Å²) < 4.78 is 5.38. The highest BCUT2D eigenvalue weighted by atomic mass is 127. The molecular formula is C21H37IN4O. The monoisotopic (exact) mass is 488 g/mol. The molecule has 1 aliphatic heterocycles. The number of guanidine groups is 1. The van der Waals surface area contributed by atoms with Gasteiger partial charge in [-0.1, -0.05) is 30.3 Å². The Morgan fingerprint density at radius 3 is 2.70 bits per heavy atom. The molecule has 2 N–H and O–H groups in total. The Bertz CT molecular complexity index is 526. The van der Waals surface area contributed by atoms with Crippen LogP contribution in [0.3, 0.4) is 0 Å². The number of likely N-dealkylation sites (tertiary alicyclic amines) is 1. The average molecular weight is 488 g/mol. The molecule has 27 heavy (non-hydrogen) atoms. The van der Waals surface area contributed by atoms with E-state index >= 15 is 0 Å². The standard InChI is InChI=1S/C21H36N4O.HI/c1-4-22-21(23-13-9-10-14-26-5-2)24-20-15-18(3)25(17-20)16-19-11-7-6-8-12-19;/h6-8,11-12,18,20H,4-5,9-10,13-17H2,1-3H3,(H2,22,23,24);1H. The van der Waals surface area contributed by atoms with E-state index in [2.05, 4.69) is 59.7 Å².